The van der Waals surface area contributed by atoms with Crippen LogP contribution in [-0.4, -0.2) is 55.4 Å². The van der Waals surface area contributed by atoms with Crippen LogP contribution >= 0.6 is 0 Å². The first-order valence-corrected chi connectivity index (χ1v) is 8.99. The monoisotopic (exact) mass is 314 g/mol. The van der Waals surface area contributed by atoms with Gasteiger partial charge in [0.1, 0.15) is 0 Å². The topological polar surface area (TPSA) is 35.5 Å². The quantitative estimate of drug-likeness (QED) is 0.371. The molecule has 130 valence electrons. The molecule has 1 fully saturated rings. The number of carbonyl (C=O) groups is 1. The zero-order valence-electron chi connectivity index (χ0n) is 15.3. The molecule has 2 unspecified atom stereocenters. The first kappa shape index (κ1) is 19.4. The summed E-state index contributed by atoms with van der Waals surface area (Å²) in [5.74, 6) is -0.0191. The third-order valence-corrected chi connectivity index (χ3v) is 4.92. The molecule has 1 aliphatic heterocycles. The predicted octanol–water partition coefficient (Wildman–Crippen LogP) is 3.53. The second-order valence-corrected chi connectivity index (χ2v) is 7.40. The third-order valence-electron chi connectivity index (χ3n) is 4.92. The van der Waals surface area contributed by atoms with Crippen molar-refractivity contribution in [3.05, 3.63) is 0 Å². The lowest BCUT2D eigenvalue weighted by Gasteiger charge is -2.44. The molecular weight excluding hydrogens is 278 g/mol. The van der Waals surface area contributed by atoms with Gasteiger partial charge in [-0.05, 0) is 40.0 Å². The molecule has 2 atom stereocenters. The van der Waals surface area contributed by atoms with Crippen LogP contribution in [0, 0.1) is 0 Å². The molecule has 4 heteroatoms. The molecule has 22 heavy (non-hydrogen) atoms. The molecule has 4 nitrogen and oxygen atoms in total. The van der Waals surface area contributed by atoms with Gasteiger partial charge in [0.05, 0.1) is 32.3 Å². The van der Waals surface area contributed by atoms with Gasteiger partial charge in [0, 0.05) is 19.4 Å². The summed E-state index contributed by atoms with van der Waals surface area (Å²) in [4.78, 5) is 12.3. The van der Waals surface area contributed by atoms with Crippen molar-refractivity contribution in [1.29, 1.82) is 0 Å². The maximum Gasteiger partial charge on any atom is 0.364 e. The van der Waals surface area contributed by atoms with E-state index >= 15 is 0 Å². The Morgan fingerprint density at radius 2 is 2.00 bits per heavy atom. The van der Waals surface area contributed by atoms with E-state index in [1.54, 1.807) is 0 Å². The summed E-state index contributed by atoms with van der Waals surface area (Å²) in [7, 11) is 2.21. The summed E-state index contributed by atoms with van der Waals surface area (Å²) in [6.07, 6.45) is 6.53. The molecule has 0 aromatic carbocycles. The highest BCUT2D eigenvalue weighted by molar-refractivity contribution is 5.74. The maximum atomic E-state index is 12.3. The van der Waals surface area contributed by atoms with Crippen LogP contribution in [0.4, 0.5) is 0 Å². The van der Waals surface area contributed by atoms with Gasteiger partial charge in [-0.3, -0.25) is 0 Å². The van der Waals surface area contributed by atoms with Crippen LogP contribution in [0.3, 0.4) is 0 Å². The minimum Gasteiger partial charge on any atom is -0.462 e. The van der Waals surface area contributed by atoms with Gasteiger partial charge >= 0.3 is 5.97 Å². The molecular formula is C18H36NO3+. The lowest BCUT2D eigenvalue weighted by molar-refractivity contribution is -0.930. The number of unbranched alkanes of at least 4 members (excludes halogenated alkanes) is 1. The SMILES string of the molecule is CCCCOC(C)(C)CC[N+]1(C)CCCCC1C(=O)OCC. The Labute approximate surface area is 136 Å². The maximum absolute atomic E-state index is 12.3. The third kappa shape index (κ3) is 5.88. The highest BCUT2D eigenvalue weighted by Crippen LogP contribution is 2.28. The Morgan fingerprint density at radius 1 is 1.27 bits per heavy atom. The zero-order valence-corrected chi connectivity index (χ0v) is 15.3. The van der Waals surface area contributed by atoms with Crippen molar-refractivity contribution < 1.29 is 18.8 Å². The number of piperidine rings is 1. The van der Waals surface area contributed by atoms with Crippen LogP contribution in [-0.2, 0) is 14.3 Å². The van der Waals surface area contributed by atoms with E-state index in [-0.39, 0.29) is 17.6 Å². The molecule has 0 amide bonds. The highest BCUT2D eigenvalue weighted by atomic mass is 16.5. The minimum absolute atomic E-state index is 0.000131. The molecule has 0 spiro atoms. The number of quaternary nitrogens is 1. The molecule has 0 saturated carbocycles. The fourth-order valence-electron chi connectivity index (χ4n) is 3.25. The predicted molar refractivity (Wildman–Crippen MR) is 89.7 cm³/mol. The number of hydrogen-bond acceptors (Lipinski definition) is 3. The van der Waals surface area contributed by atoms with E-state index in [1.807, 2.05) is 6.92 Å². The van der Waals surface area contributed by atoms with E-state index in [1.165, 1.54) is 6.42 Å². The van der Waals surface area contributed by atoms with Crippen molar-refractivity contribution >= 4 is 5.97 Å². The smallest absolute Gasteiger partial charge is 0.364 e. The average Bonchev–Trinajstić information content (AvgIpc) is 2.46. The van der Waals surface area contributed by atoms with Crippen molar-refractivity contribution in [2.45, 2.75) is 77.9 Å². The molecule has 0 aromatic heterocycles. The fourth-order valence-corrected chi connectivity index (χ4v) is 3.25. The lowest BCUT2D eigenvalue weighted by Crippen LogP contribution is -2.60. The zero-order chi connectivity index (χ0) is 16.6. The normalized spacial score (nSPS) is 26.0. The summed E-state index contributed by atoms with van der Waals surface area (Å²) in [5.41, 5.74) is -0.118. The van der Waals surface area contributed by atoms with Crippen molar-refractivity contribution in [2.75, 3.05) is 33.4 Å². The number of nitrogens with zero attached hydrogens (tertiary/aromatic N) is 1. The van der Waals surface area contributed by atoms with Gasteiger partial charge in [0.2, 0.25) is 0 Å². The standard InChI is InChI=1S/C18H36NO3/c1-6-8-15-22-18(3,4)12-14-19(5)13-10-9-11-16(19)17(20)21-7-2/h16H,6-15H2,1-5H3/q+1. The second-order valence-electron chi connectivity index (χ2n) is 7.40. The van der Waals surface area contributed by atoms with Crippen molar-refractivity contribution in [3.8, 4) is 0 Å². The van der Waals surface area contributed by atoms with Gasteiger partial charge in [-0.15, -0.1) is 0 Å². The van der Waals surface area contributed by atoms with Crippen LogP contribution in [0.2, 0.25) is 0 Å². The van der Waals surface area contributed by atoms with Crippen molar-refractivity contribution in [2.24, 2.45) is 0 Å². The first-order chi connectivity index (χ1) is 10.3. The van der Waals surface area contributed by atoms with Gasteiger partial charge in [0.25, 0.3) is 0 Å². The number of likely N-dealkylation sites (tertiary alicyclic amines) is 1. The van der Waals surface area contributed by atoms with E-state index in [0.29, 0.717) is 6.61 Å². The van der Waals surface area contributed by atoms with Crippen LogP contribution in [0.25, 0.3) is 0 Å². The van der Waals surface area contributed by atoms with Crippen LogP contribution in [0.1, 0.15) is 66.2 Å². The number of rotatable bonds is 9. The fraction of sp³-hybridized carbons (Fsp3) is 0.944. The Kier molecular flexibility index (Phi) is 7.84. The number of ether oxygens (including phenoxy) is 2. The van der Waals surface area contributed by atoms with Gasteiger partial charge in [0.15, 0.2) is 6.04 Å². The molecule has 0 aromatic rings. The first-order valence-electron chi connectivity index (χ1n) is 8.99. The molecule has 1 heterocycles. The number of carbonyl (C=O) groups excluding carboxylic acids is 1. The van der Waals surface area contributed by atoms with Gasteiger partial charge < -0.3 is 14.0 Å². The van der Waals surface area contributed by atoms with E-state index in [2.05, 4.69) is 27.8 Å². The Morgan fingerprint density at radius 3 is 2.64 bits per heavy atom. The summed E-state index contributed by atoms with van der Waals surface area (Å²) >= 11 is 0. The molecule has 0 radical (unpaired) electrons. The lowest BCUT2D eigenvalue weighted by atomic mass is 9.96. The average molecular weight is 314 g/mol. The van der Waals surface area contributed by atoms with E-state index in [4.69, 9.17) is 9.47 Å². The summed E-state index contributed by atoms with van der Waals surface area (Å²) in [6.45, 7) is 11.7. The van der Waals surface area contributed by atoms with Gasteiger partial charge in [-0.2, -0.15) is 0 Å². The molecule has 1 saturated heterocycles. The van der Waals surface area contributed by atoms with Crippen LogP contribution in [0.15, 0.2) is 0 Å². The van der Waals surface area contributed by atoms with Crippen LogP contribution < -0.4 is 0 Å². The van der Waals surface area contributed by atoms with E-state index in [0.717, 1.165) is 56.3 Å². The largest absolute Gasteiger partial charge is 0.462 e. The Balaban J connectivity index is 2.60. The molecule has 1 aliphatic rings. The van der Waals surface area contributed by atoms with Crippen LogP contribution in [0.5, 0.6) is 0 Å². The minimum atomic E-state index is -0.118. The molecule has 0 bridgehead atoms. The number of hydrogen-bond donors (Lipinski definition) is 0. The summed E-state index contributed by atoms with van der Waals surface area (Å²) in [6, 6.07) is 0.000131. The molecule has 0 N–H and O–H groups in total. The number of esters is 1. The van der Waals surface area contributed by atoms with E-state index in [9.17, 15) is 4.79 Å². The second kappa shape index (κ2) is 8.88. The summed E-state index contributed by atoms with van der Waals surface area (Å²) in [5, 5.41) is 0. The van der Waals surface area contributed by atoms with Crippen molar-refractivity contribution in [3.63, 3.8) is 0 Å². The van der Waals surface area contributed by atoms with Gasteiger partial charge in [-0.25, -0.2) is 4.79 Å². The van der Waals surface area contributed by atoms with Crippen molar-refractivity contribution in [1.82, 2.24) is 0 Å². The van der Waals surface area contributed by atoms with E-state index < -0.39 is 0 Å². The summed E-state index contributed by atoms with van der Waals surface area (Å²) < 4.78 is 12.1. The highest BCUT2D eigenvalue weighted by Gasteiger charge is 2.42. The molecule has 1 rings (SSSR count). The van der Waals surface area contributed by atoms with Gasteiger partial charge in [-0.1, -0.05) is 13.3 Å². The Hall–Kier alpha value is -0.610. The Bertz CT molecular complexity index is 343. The molecule has 0 aliphatic carbocycles. The number of likely N-dealkylation sites (N-methyl/N-ethyl adjacent to an activating group) is 1.